The van der Waals surface area contributed by atoms with E-state index in [1.54, 1.807) is 31.4 Å². The van der Waals surface area contributed by atoms with Gasteiger partial charge in [-0.3, -0.25) is 4.68 Å². The molecule has 1 fully saturated rings. The monoisotopic (exact) mass is 396 g/mol. The minimum atomic E-state index is -1.08. The van der Waals surface area contributed by atoms with Crippen LogP contribution in [0, 0.1) is 19.3 Å². The lowest BCUT2D eigenvalue weighted by Gasteiger charge is -2.17. The predicted molar refractivity (Wildman–Crippen MR) is 107 cm³/mol. The summed E-state index contributed by atoms with van der Waals surface area (Å²) in [7, 11) is 1.58. The second-order valence-corrected chi connectivity index (χ2v) is 7.71. The van der Waals surface area contributed by atoms with Crippen molar-refractivity contribution in [1.29, 1.82) is 0 Å². The first-order valence-electron chi connectivity index (χ1n) is 9.53. The van der Waals surface area contributed by atoms with Crippen LogP contribution in [0.5, 0.6) is 5.75 Å². The summed E-state index contributed by atoms with van der Waals surface area (Å²) < 4.78 is 12.6. The van der Waals surface area contributed by atoms with Crippen molar-refractivity contribution in [3.63, 3.8) is 0 Å². The number of nitrogens with zero attached hydrogens (tertiary/aromatic N) is 3. The van der Waals surface area contributed by atoms with Gasteiger partial charge in [0.1, 0.15) is 5.75 Å². The van der Waals surface area contributed by atoms with Gasteiger partial charge in [-0.25, -0.2) is 4.79 Å². The first kappa shape index (κ1) is 19.0. The van der Waals surface area contributed by atoms with Crippen molar-refractivity contribution >= 4 is 11.8 Å². The van der Waals surface area contributed by atoms with E-state index in [0.717, 1.165) is 30.8 Å². The largest absolute Gasteiger partial charge is 0.497 e. The fourth-order valence-corrected chi connectivity index (χ4v) is 3.54. The number of hydrogen-bond acceptors (Lipinski definition) is 6. The maximum atomic E-state index is 11.9. The van der Waals surface area contributed by atoms with E-state index in [1.807, 2.05) is 18.5 Å². The zero-order valence-electron chi connectivity index (χ0n) is 16.7. The van der Waals surface area contributed by atoms with E-state index in [9.17, 15) is 9.90 Å². The molecule has 2 heterocycles. The van der Waals surface area contributed by atoms with Crippen molar-refractivity contribution in [2.45, 2.75) is 33.2 Å². The third-order valence-corrected chi connectivity index (χ3v) is 5.43. The van der Waals surface area contributed by atoms with Crippen LogP contribution in [0.4, 0.5) is 5.82 Å². The smallest absolute Gasteiger partial charge is 0.343 e. The van der Waals surface area contributed by atoms with Crippen LogP contribution in [-0.4, -0.2) is 39.7 Å². The Morgan fingerprint density at radius 3 is 2.59 bits per heavy atom. The molecule has 0 atom stereocenters. The Labute approximate surface area is 168 Å². The van der Waals surface area contributed by atoms with E-state index < -0.39 is 5.97 Å². The highest BCUT2D eigenvalue weighted by atomic mass is 16.5. The van der Waals surface area contributed by atoms with Crippen LogP contribution in [0.1, 0.15) is 34.6 Å². The number of rotatable bonds is 8. The van der Waals surface area contributed by atoms with Gasteiger partial charge in [-0.15, -0.1) is 0 Å². The molecule has 1 aromatic carbocycles. The second kappa shape index (κ2) is 7.27. The topological polar surface area (TPSA) is 102 Å². The van der Waals surface area contributed by atoms with Crippen molar-refractivity contribution in [2.24, 2.45) is 5.41 Å². The molecule has 0 saturated heterocycles. The lowest BCUT2D eigenvalue weighted by atomic mass is 10.1. The summed E-state index contributed by atoms with van der Waals surface area (Å²) in [5.74, 6) is 0.0836. The van der Waals surface area contributed by atoms with Crippen LogP contribution < -0.4 is 10.1 Å². The normalized spacial score (nSPS) is 14.6. The molecule has 1 aliphatic rings. The number of carboxylic acid groups (broad SMARTS) is 1. The molecule has 0 unspecified atom stereocenters. The van der Waals surface area contributed by atoms with Crippen LogP contribution in [0.3, 0.4) is 0 Å². The van der Waals surface area contributed by atoms with E-state index in [1.165, 1.54) is 0 Å². The number of aromatic nitrogens is 3. The van der Waals surface area contributed by atoms with Crippen LogP contribution in [0.15, 0.2) is 34.9 Å². The first-order chi connectivity index (χ1) is 13.9. The maximum absolute atomic E-state index is 11.9. The first-order valence-corrected chi connectivity index (χ1v) is 9.53. The van der Waals surface area contributed by atoms with Gasteiger partial charge >= 0.3 is 5.97 Å². The van der Waals surface area contributed by atoms with Gasteiger partial charge in [-0.05, 0) is 57.0 Å². The molecule has 152 valence electrons. The molecule has 8 nitrogen and oxygen atoms in total. The van der Waals surface area contributed by atoms with Gasteiger partial charge in [0, 0.05) is 29.8 Å². The molecule has 3 aromatic rings. The van der Waals surface area contributed by atoms with E-state index >= 15 is 0 Å². The Morgan fingerprint density at radius 1 is 1.31 bits per heavy atom. The molecule has 0 radical (unpaired) electrons. The van der Waals surface area contributed by atoms with Crippen LogP contribution in [-0.2, 0) is 6.54 Å². The van der Waals surface area contributed by atoms with Gasteiger partial charge in [-0.2, -0.15) is 5.10 Å². The van der Waals surface area contributed by atoms with E-state index in [0.29, 0.717) is 17.9 Å². The Morgan fingerprint density at radius 2 is 2.03 bits per heavy atom. The average Bonchev–Trinajstić information content (AvgIpc) is 3.20. The Hall–Kier alpha value is -3.29. The highest BCUT2D eigenvalue weighted by Gasteiger charge is 2.43. The number of methoxy groups -OCH3 is 1. The summed E-state index contributed by atoms with van der Waals surface area (Å²) in [5, 5.41) is 21.5. The number of ether oxygens (including phenoxy) is 1. The van der Waals surface area contributed by atoms with Gasteiger partial charge in [0.25, 0.3) is 0 Å². The molecule has 0 spiro atoms. The summed E-state index contributed by atoms with van der Waals surface area (Å²) in [6, 6.07) is 9.07. The summed E-state index contributed by atoms with van der Waals surface area (Å²) in [5.41, 5.74) is 2.85. The maximum Gasteiger partial charge on any atom is 0.343 e. The minimum Gasteiger partial charge on any atom is -0.497 e. The fraction of sp³-hybridized carbons (Fsp3) is 0.381. The number of aromatic carboxylic acids is 1. The van der Waals surface area contributed by atoms with Crippen molar-refractivity contribution in [2.75, 3.05) is 19.0 Å². The van der Waals surface area contributed by atoms with Crippen molar-refractivity contribution < 1.29 is 19.2 Å². The van der Waals surface area contributed by atoms with Crippen LogP contribution >= 0.6 is 0 Å². The van der Waals surface area contributed by atoms with Crippen LogP contribution in [0.2, 0.25) is 0 Å². The molecule has 0 amide bonds. The molecular weight excluding hydrogens is 372 g/mol. The van der Waals surface area contributed by atoms with E-state index in [4.69, 9.17) is 9.26 Å². The predicted octanol–water partition coefficient (Wildman–Crippen LogP) is 3.75. The Bertz CT molecular complexity index is 1030. The van der Waals surface area contributed by atoms with Gasteiger partial charge in [-0.1, -0.05) is 5.16 Å². The van der Waals surface area contributed by atoms with Crippen molar-refractivity contribution in [3.05, 3.63) is 47.3 Å². The number of benzene rings is 1. The van der Waals surface area contributed by atoms with Gasteiger partial charge in [0.2, 0.25) is 0 Å². The quantitative estimate of drug-likeness (QED) is 0.598. The van der Waals surface area contributed by atoms with E-state index in [-0.39, 0.29) is 22.6 Å². The molecule has 1 saturated carbocycles. The number of carbonyl (C=O) groups is 1. The lowest BCUT2D eigenvalue weighted by Crippen LogP contribution is -2.23. The molecule has 8 heteroatoms. The number of hydrogen-bond donors (Lipinski definition) is 2. The summed E-state index contributed by atoms with van der Waals surface area (Å²) in [4.78, 5) is 11.9. The zero-order valence-corrected chi connectivity index (χ0v) is 16.7. The highest BCUT2D eigenvalue weighted by molar-refractivity contribution is 5.99. The summed E-state index contributed by atoms with van der Waals surface area (Å²) in [6.45, 7) is 5.44. The average molecular weight is 396 g/mol. The van der Waals surface area contributed by atoms with Crippen molar-refractivity contribution in [3.8, 4) is 17.1 Å². The van der Waals surface area contributed by atoms with Gasteiger partial charge < -0.3 is 19.7 Å². The van der Waals surface area contributed by atoms with Crippen molar-refractivity contribution in [1.82, 2.24) is 14.9 Å². The molecule has 1 aliphatic carbocycles. The number of nitrogens with one attached hydrogen (secondary N) is 1. The van der Waals surface area contributed by atoms with Gasteiger partial charge in [0.15, 0.2) is 17.1 Å². The minimum absolute atomic E-state index is 0.0390. The van der Waals surface area contributed by atoms with Crippen LogP contribution in [0.25, 0.3) is 11.3 Å². The molecule has 29 heavy (non-hydrogen) atoms. The fourth-order valence-electron chi connectivity index (χ4n) is 3.54. The second-order valence-electron chi connectivity index (χ2n) is 7.71. The number of anilines is 1. The lowest BCUT2D eigenvalue weighted by molar-refractivity contribution is 0.0698. The summed E-state index contributed by atoms with van der Waals surface area (Å²) in [6.07, 6.45) is 2.12. The SMILES string of the molecule is COc1ccc(-c2onc(NCC3(Cn4nc(C)cc4C)CC3)c2C(=O)O)cc1. The summed E-state index contributed by atoms with van der Waals surface area (Å²) >= 11 is 0. The molecule has 0 aliphatic heterocycles. The molecule has 2 N–H and O–H groups in total. The number of carboxylic acids is 1. The Balaban J connectivity index is 1.52. The number of aryl methyl sites for hydroxylation is 2. The zero-order chi connectivity index (χ0) is 20.6. The Kier molecular flexibility index (Phi) is 4.77. The molecule has 0 bridgehead atoms. The molecule has 4 rings (SSSR count). The standard InChI is InChI=1S/C21H24N4O4/c1-13-10-14(2)25(23-13)12-21(8-9-21)11-22-19-17(20(26)27)18(29-24-19)15-4-6-16(28-3)7-5-15/h4-7,10H,8-9,11-12H2,1-3H3,(H,22,24)(H,26,27). The molecule has 2 aromatic heterocycles. The van der Waals surface area contributed by atoms with E-state index in [2.05, 4.69) is 21.6 Å². The highest BCUT2D eigenvalue weighted by Crippen LogP contribution is 2.47. The van der Waals surface area contributed by atoms with Gasteiger partial charge in [0.05, 0.1) is 12.8 Å². The third kappa shape index (κ3) is 3.83. The molecular formula is C21H24N4O4. The third-order valence-electron chi connectivity index (χ3n) is 5.43.